The summed E-state index contributed by atoms with van der Waals surface area (Å²) in [6.45, 7) is 2.32. The van der Waals surface area contributed by atoms with E-state index in [1.165, 1.54) is 0 Å². The fourth-order valence-corrected chi connectivity index (χ4v) is 4.12. The summed E-state index contributed by atoms with van der Waals surface area (Å²) >= 11 is 1.62. The van der Waals surface area contributed by atoms with Crippen LogP contribution in [0, 0.1) is 5.92 Å². The van der Waals surface area contributed by atoms with E-state index >= 15 is 0 Å². The monoisotopic (exact) mass is 376 g/mol. The van der Waals surface area contributed by atoms with Crippen LogP contribution in [0.1, 0.15) is 0 Å². The highest BCUT2D eigenvalue weighted by Gasteiger charge is 2.30. The molecule has 1 aliphatic heterocycles. The molecule has 27 heavy (non-hydrogen) atoms. The summed E-state index contributed by atoms with van der Waals surface area (Å²) in [4.78, 5) is 28.2. The Morgan fingerprint density at radius 2 is 1.93 bits per heavy atom. The third-order valence-electron chi connectivity index (χ3n) is 4.77. The Morgan fingerprint density at radius 1 is 1.07 bits per heavy atom. The first-order valence-corrected chi connectivity index (χ1v) is 9.57. The molecule has 0 bridgehead atoms. The van der Waals surface area contributed by atoms with Crippen LogP contribution in [0.25, 0.3) is 21.5 Å². The van der Waals surface area contributed by atoms with Crippen molar-refractivity contribution in [3.63, 3.8) is 0 Å². The molecule has 0 aromatic carbocycles. The normalized spacial score (nSPS) is 14.4. The average Bonchev–Trinajstić information content (AvgIpc) is 3.15. The predicted octanol–water partition coefficient (Wildman–Crippen LogP) is 2.45. The average molecular weight is 376 g/mol. The molecule has 5 rings (SSSR count). The van der Waals surface area contributed by atoms with Gasteiger partial charge < -0.3 is 4.90 Å². The lowest BCUT2D eigenvalue weighted by atomic mass is 10.00. The second-order valence-electron chi connectivity index (χ2n) is 6.58. The van der Waals surface area contributed by atoms with Crippen molar-refractivity contribution in [2.45, 2.75) is 6.54 Å². The zero-order chi connectivity index (χ0) is 18.2. The van der Waals surface area contributed by atoms with E-state index in [1.54, 1.807) is 46.9 Å². The summed E-state index contributed by atoms with van der Waals surface area (Å²) in [5.41, 5.74) is 1.66. The smallest absolute Gasteiger partial charge is 0.266 e. The van der Waals surface area contributed by atoms with Crippen LogP contribution in [-0.2, 0) is 6.54 Å². The van der Waals surface area contributed by atoms with Gasteiger partial charge in [0, 0.05) is 43.0 Å². The van der Waals surface area contributed by atoms with E-state index in [0.717, 1.165) is 40.4 Å². The summed E-state index contributed by atoms with van der Waals surface area (Å²) in [7, 11) is 0. The van der Waals surface area contributed by atoms with E-state index in [-0.39, 0.29) is 5.56 Å². The molecule has 4 aromatic heterocycles. The Labute approximate surface area is 159 Å². The summed E-state index contributed by atoms with van der Waals surface area (Å²) in [6.07, 6.45) is 5.07. The highest BCUT2D eigenvalue weighted by atomic mass is 32.1. The number of pyridine rings is 1. The Balaban J connectivity index is 1.33. The van der Waals surface area contributed by atoms with Crippen LogP contribution in [0.3, 0.4) is 0 Å². The number of thiophene rings is 1. The lowest BCUT2D eigenvalue weighted by Gasteiger charge is -2.40. The molecule has 1 fully saturated rings. The Kier molecular flexibility index (Phi) is 3.90. The molecular weight excluding hydrogens is 360 g/mol. The lowest BCUT2D eigenvalue weighted by molar-refractivity contribution is 0.334. The fraction of sp³-hybridized carbons (Fsp3) is 0.211. The van der Waals surface area contributed by atoms with Crippen LogP contribution >= 0.6 is 11.3 Å². The quantitative estimate of drug-likeness (QED) is 0.544. The van der Waals surface area contributed by atoms with Crippen molar-refractivity contribution in [1.82, 2.24) is 24.7 Å². The van der Waals surface area contributed by atoms with E-state index in [4.69, 9.17) is 0 Å². The summed E-state index contributed by atoms with van der Waals surface area (Å²) in [6, 6.07) is 9.19. The molecule has 0 N–H and O–H groups in total. The zero-order valence-electron chi connectivity index (χ0n) is 14.4. The number of anilines is 1. The predicted molar refractivity (Wildman–Crippen MR) is 105 cm³/mol. The van der Waals surface area contributed by atoms with Gasteiger partial charge in [-0.25, -0.2) is 14.6 Å². The number of aromatic nitrogens is 5. The van der Waals surface area contributed by atoms with Gasteiger partial charge >= 0.3 is 0 Å². The number of hydrogen-bond donors (Lipinski definition) is 0. The van der Waals surface area contributed by atoms with Gasteiger partial charge in [0.25, 0.3) is 5.56 Å². The van der Waals surface area contributed by atoms with Crippen LogP contribution in [0.4, 0.5) is 5.82 Å². The standard InChI is InChI=1S/C19H16N6OS/c26-17-2-1-16(14-3-6-20-7-4-14)23-25(17)11-13-9-24(10-13)18-15-5-8-27-19(15)22-12-21-18/h1-8,12-13H,9-11H2. The minimum atomic E-state index is -0.0754. The van der Waals surface area contributed by atoms with E-state index in [0.29, 0.717) is 12.5 Å². The van der Waals surface area contributed by atoms with E-state index < -0.39 is 0 Å². The van der Waals surface area contributed by atoms with Gasteiger partial charge in [-0.2, -0.15) is 5.10 Å². The molecule has 0 atom stereocenters. The van der Waals surface area contributed by atoms with Gasteiger partial charge in [-0.15, -0.1) is 11.3 Å². The molecule has 1 saturated heterocycles. The largest absolute Gasteiger partial charge is 0.355 e. The minimum Gasteiger partial charge on any atom is -0.355 e. The van der Waals surface area contributed by atoms with E-state index in [1.807, 2.05) is 17.5 Å². The SMILES string of the molecule is O=c1ccc(-c2ccncc2)nn1CC1CN(c2ncnc3sccc23)C1. The zero-order valence-corrected chi connectivity index (χ0v) is 15.2. The van der Waals surface area contributed by atoms with Crippen molar-refractivity contribution in [3.05, 3.63) is 64.8 Å². The van der Waals surface area contributed by atoms with Crippen LogP contribution in [0.2, 0.25) is 0 Å². The molecule has 0 spiro atoms. The Bertz CT molecular complexity index is 1150. The fourth-order valence-electron chi connectivity index (χ4n) is 3.39. The van der Waals surface area contributed by atoms with Crippen molar-refractivity contribution in [3.8, 4) is 11.3 Å². The molecule has 0 radical (unpaired) electrons. The summed E-state index contributed by atoms with van der Waals surface area (Å²) in [5.74, 6) is 1.34. The van der Waals surface area contributed by atoms with Gasteiger partial charge in [-0.05, 0) is 29.6 Å². The number of rotatable bonds is 4. The van der Waals surface area contributed by atoms with Crippen LogP contribution in [-0.4, -0.2) is 37.8 Å². The third-order valence-corrected chi connectivity index (χ3v) is 5.59. The Hall–Kier alpha value is -3.13. The molecule has 4 aromatic rings. The molecular formula is C19H16N6OS. The molecule has 1 aliphatic rings. The first-order valence-electron chi connectivity index (χ1n) is 8.69. The van der Waals surface area contributed by atoms with Crippen molar-refractivity contribution in [1.29, 1.82) is 0 Å². The number of nitrogens with zero attached hydrogens (tertiary/aromatic N) is 6. The maximum Gasteiger partial charge on any atom is 0.266 e. The topological polar surface area (TPSA) is 76.8 Å². The van der Waals surface area contributed by atoms with Crippen molar-refractivity contribution in [2.75, 3.05) is 18.0 Å². The highest BCUT2D eigenvalue weighted by Crippen LogP contribution is 2.31. The van der Waals surface area contributed by atoms with Crippen molar-refractivity contribution in [2.24, 2.45) is 5.92 Å². The van der Waals surface area contributed by atoms with Gasteiger partial charge in [-0.1, -0.05) is 0 Å². The first-order chi connectivity index (χ1) is 13.3. The second-order valence-corrected chi connectivity index (χ2v) is 7.48. The number of fused-ring (bicyclic) bond motifs is 1. The van der Waals surface area contributed by atoms with Gasteiger partial charge in [0.15, 0.2) is 0 Å². The van der Waals surface area contributed by atoms with Crippen molar-refractivity contribution >= 4 is 27.4 Å². The maximum absolute atomic E-state index is 12.2. The molecule has 8 heteroatoms. The molecule has 0 amide bonds. The van der Waals surface area contributed by atoms with Crippen molar-refractivity contribution < 1.29 is 0 Å². The minimum absolute atomic E-state index is 0.0754. The third kappa shape index (κ3) is 2.97. The molecule has 0 saturated carbocycles. The van der Waals surface area contributed by atoms with E-state index in [9.17, 15) is 4.79 Å². The van der Waals surface area contributed by atoms with Gasteiger partial charge in [-0.3, -0.25) is 9.78 Å². The van der Waals surface area contributed by atoms with Gasteiger partial charge in [0.2, 0.25) is 0 Å². The molecule has 0 aliphatic carbocycles. The second kappa shape index (κ2) is 6.55. The molecule has 5 heterocycles. The van der Waals surface area contributed by atoms with Crippen LogP contribution in [0.5, 0.6) is 0 Å². The molecule has 0 unspecified atom stereocenters. The lowest BCUT2D eigenvalue weighted by Crippen LogP contribution is -2.50. The first kappa shape index (κ1) is 16.1. The molecule has 7 nitrogen and oxygen atoms in total. The van der Waals surface area contributed by atoms with Crippen LogP contribution in [0.15, 0.2) is 59.2 Å². The van der Waals surface area contributed by atoms with Gasteiger partial charge in [0.1, 0.15) is 17.0 Å². The Morgan fingerprint density at radius 3 is 2.78 bits per heavy atom. The van der Waals surface area contributed by atoms with Crippen LogP contribution < -0.4 is 10.5 Å². The summed E-state index contributed by atoms with van der Waals surface area (Å²) < 4.78 is 1.57. The van der Waals surface area contributed by atoms with Gasteiger partial charge in [0.05, 0.1) is 17.6 Å². The highest BCUT2D eigenvalue weighted by molar-refractivity contribution is 7.16. The number of hydrogen-bond acceptors (Lipinski definition) is 7. The summed E-state index contributed by atoms with van der Waals surface area (Å²) in [5, 5.41) is 7.67. The molecule has 134 valence electrons. The van der Waals surface area contributed by atoms with E-state index in [2.05, 4.69) is 31.0 Å². The maximum atomic E-state index is 12.2.